The Hall–Kier alpha value is -2.69. The van der Waals surface area contributed by atoms with Crippen molar-refractivity contribution in [3.05, 3.63) is 52.1 Å². The fourth-order valence-corrected chi connectivity index (χ4v) is 4.52. The van der Waals surface area contributed by atoms with Crippen LogP contribution in [-0.4, -0.2) is 20.9 Å². The average molecular weight is 346 g/mol. The van der Waals surface area contributed by atoms with E-state index >= 15 is 0 Å². The maximum absolute atomic E-state index is 12.9. The van der Waals surface area contributed by atoms with Gasteiger partial charge in [-0.2, -0.15) is 9.78 Å². The van der Waals surface area contributed by atoms with Crippen molar-refractivity contribution in [2.45, 2.75) is 33.6 Å². The molecule has 132 valence electrons. The van der Waals surface area contributed by atoms with E-state index in [2.05, 4.69) is 35.0 Å². The SMILES string of the molecule is Cc1nc2c([nH]c3ccccc32)c(=O)n1/N=C\C1=C[C@@H]2C[C@H](C1)C2(C)C. The van der Waals surface area contributed by atoms with Gasteiger partial charge in [-0.25, -0.2) is 4.98 Å². The summed E-state index contributed by atoms with van der Waals surface area (Å²) in [5.41, 5.74) is 3.64. The molecule has 2 bridgehead atoms. The summed E-state index contributed by atoms with van der Waals surface area (Å²) < 4.78 is 1.41. The summed E-state index contributed by atoms with van der Waals surface area (Å²) in [5.74, 6) is 1.96. The van der Waals surface area contributed by atoms with Crippen molar-refractivity contribution in [3.63, 3.8) is 0 Å². The van der Waals surface area contributed by atoms with Gasteiger partial charge in [0.25, 0.3) is 5.56 Å². The summed E-state index contributed by atoms with van der Waals surface area (Å²) in [5, 5.41) is 5.45. The Balaban J connectivity index is 1.58. The van der Waals surface area contributed by atoms with Crippen LogP contribution >= 0.6 is 0 Å². The van der Waals surface area contributed by atoms with Crippen LogP contribution in [-0.2, 0) is 0 Å². The molecule has 5 heteroatoms. The van der Waals surface area contributed by atoms with Gasteiger partial charge in [0.1, 0.15) is 16.9 Å². The zero-order valence-corrected chi connectivity index (χ0v) is 15.3. The van der Waals surface area contributed by atoms with E-state index < -0.39 is 0 Å². The van der Waals surface area contributed by atoms with Gasteiger partial charge in [-0.3, -0.25) is 4.79 Å². The number of nitrogens with one attached hydrogen (secondary N) is 1. The lowest BCUT2D eigenvalue weighted by atomic mass is 9.50. The molecule has 2 heterocycles. The first-order valence-corrected chi connectivity index (χ1v) is 9.20. The van der Waals surface area contributed by atoms with Crippen molar-refractivity contribution in [2.75, 3.05) is 0 Å². The summed E-state index contributed by atoms with van der Waals surface area (Å²) in [4.78, 5) is 20.8. The van der Waals surface area contributed by atoms with Gasteiger partial charge in [-0.1, -0.05) is 38.1 Å². The average Bonchev–Trinajstić information content (AvgIpc) is 3.00. The van der Waals surface area contributed by atoms with Crippen molar-refractivity contribution in [2.24, 2.45) is 22.4 Å². The number of allylic oxidation sites excluding steroid dienone is 2. The molecule has 1 fully saturated rings. The van der Waals surface area contributed by atoms with E-state index in [0.717, 1.165) is 28.8 Å². The molecule has 6 rings (SSSR count). The van der Waals surface area contributed by atoms with Crippen LogP contribution in [0.2, 0.25) is 0 Å². The molecule has 0 radical (unpaired) electrons. The zero-order chi connectivity index (χ0) is 18.1. The summed E-state index contributed by atoms with van der Waals surface area (Å²) in [6, 6.07) is 7.84. The summed E-state index contributed by atoms with van der Waals surface area (Å²) >= 11 is 0. The highest BCUT2D eigenvalue weighted by molar-refractivity contribution is 6.04. The quantitative estimate of drug-likeness (QED) is 0.713. The lowest BCUT2D eigenvalue weighted by molar-refractivity contribution is 0.00130. The Morgan fingerprint density at radius 2 is 2.15 bits per heavy atom. The number of aromatic nitrogens is 3. The minimum absolute atomic E-state index is 0.151. The minimum Gasteiger partial charge on any atom is -0.349 e. The molecular formula is C21H22N4O. The third kappa shape index (κ3) is 2.06. The summed E-state index contributed by atoms with van der Waals surface area (Å²) in [7, 11) is 0. The lowest BCUT2D eigenvalue weighted by Crippen LogP contribution is -2.46. The van der Waals surface area contributed by atoms with E-state index in [1.54, 1.807) is 0 Å². The van der Waals surface area contributed by atoms with Crippen molar-refractivity contribution in [1.82, 2.24) is 14.6 Å². The number of nitrogens with zero attached hydrogens (tertiary/aromatic N) is 3. The molecule has 0 aliphatic heterocycles. The molecule has 3 aliphatic carbocycles. The maximum atomic E-state index is 12.9. The Labute approximate surface area is 151 Å². The Kier molecular flexibility index (Phi) is 3.09. The lowest BCUT2D eigenvalue weighted by Gasteiger charge is -2.54. The van der Waals surface area contributed by atoms with Gasteiger partial charge < -0.3 is 4.98 Å². The molecule has 0 saturated heterocycles. The fourth-order valence-electron chi connectivity index (χ4n) is 4.52. The summed E-state index contributed by atoms with van der Waals surface area (Å²) in [6.07, 6.45) is 6.51. The van der Waals surface area contributed by atoms with E-state index in [0.29, 0.717) is 22.7 Å². The molecule has 5 nitrogen and oxygen atoms in total. The Morgan fingerprint density at radius 1 is 1.35 bits per heavy atom. The minimum atomic E-state index is -0.151. The second kappa shape index (κ2) is 5.16. The molecule has 3 aromatic rings. The van der Waals surface area contributed by atoms with Gasteiger partial charge in [-0.05, 0) is 48.7 Å². The maximum Gasteiger partial charge on any atom is 0.298 e. The number of rotatable bonds is 2. The van der Waals surface area contributed by atoms with Crippen molar-refractivity contribution in [3.8, 4) is 0 Å². The van der Waals surface area contributed by atoms with Gasteiger partial charge in [0.2, 0.25) is 0 Å². The van der Waals surface area contributed by atoms with Crippen LogP contribution < -0.4 is 5.56 Å². The predicted octanol–water partition coefficient (Wildman–Crippen LogP) is 4.01. The number of H-pyrrole nitrogens is 1. The molecule has 2 atom stereocenters. The van der Waals surface area contributed by atoms with Crippen LogP contribution in [0.1, 0.15) is 32.5 Å². The molecule has 2 aromatic heterocycles. The van der Waals surface area contributed by atoms with Gasteiger partial charge in [-0.15, -0.1) is 0 Å². The topological polar surface area (TPSA) is 63.0 Å². The van der Waals surface area contributed by atoms with Crippen LogP contribution in [0.5, 0.6) is 0 Å². The molecule has 0 spiro atoms. The number of hydrogen-bond donors (Lipinski definition) is 1. The number of fused-ring (bicyclic) bond motifs is 4. The van der Waals surface area contributed by atoms with E-state index in [1.807, 2.05) is 37.4 Å². The Bertz CT molecular complexity index is 1160. The first kappa shape index (κ1) is 15.6. The van der Waals surface area contributed by atoms with Gasteiger partial charge in [0, 0.05) is 10.9 Å². The molecule has 1 aromatic carbocycles. The highest BCUT2D eigenvalue weighted by Crippen LogP contribution is 2.57. The van der Waals surface area contributed by atoms with Gasteiger partial charge in [0.15, 0.2) is 0 Å². The molecule has 0 unspecified atom stereocenters. The molecular weight excluding hydrogens is 324 g/mol. The number of aromatic amines is 1. The third-order valence-electron chi connectivity index (χ3n) is 6.45. The highest BCUT2D eigenvalue weighted by atomic mass is 16.1. The fraction of sp³-hybridized carbons (Fsp3) is 0.381. The molecule has 0 amide bonds. The van der Waals surface area contributed by atoms with Crippen molar-refractivity contribution < 1.29 is 0 Å². The second-order valence-corrected chi connectivity index (χ2v) is 8.22. The number of para-hydroxylation sites is 1. The van der Waals surface area contributed by atoms with E-state index in [4.69, 9.17) is 0 Å². The first-order chi connectivity index (χ1) is 12.4. The molecule has 1 N–H and O–H groups in total. The number of benzene rings is 1. The van der Waals surface area contributed by atoms with Crippen LogP contribution in [0.3, 0.4) is 0 Å². The van der Waals surface area contributed by atoms with Crippen LogP contribution in [0.4, 0.5) is 0 Å². The van der Waals surface area contributed by atoms with Crippen LogP contribution in [0.15, 0.2) is 45.8 Å². The van der Waals surface area contributed by atoms with E-state index in [-0.39, 0.29) is 5.56 Å². The second-order valence-electron chi connectivity index (χ2n) is 8.22. The smallest absolute Gasteiger partial charge is 0.298 e. The van der Waals surface area contributed by atoms with Crippen molar-refractivity contribution >= 4 is 28.2 Å². The van der Waals surface area contributed by atoms with Crippen LogP contribution in [0.25, 0.3) is 21.9 Å². The predicted molar refractivity (Wildman–Crippen MR) is 105 cm³/mol. The van der Waals surface area contributed by atoms with Crippen LogP contribution in [0, 0.1) is 24.2 Å². The van der Waals surface area contributed by atoms with Gasteiger partial charge in [0.05, 0.1) is 6.21 Å². The van der Waals surface area contributed by atoms with E-state index in [1.165, 1.54) is 16.7 Å². The standard InChI is InChI=1S/C21H22N4O/c1-12-23-18-16-6-4-5-7-17(16)24-19(18)20(26)25(12)22-11-13-8-14-10-15(9-13)21(14,2)3/h4-8,11,14-15,24H,9-10H2,1-3H3/b22-11-/t14-,15+/m1/s1. The Morgan fingerprint density at radius 3 is 2.88 bits per heavy atom. The third-order valence-corrected chi connectivity index (χ3v) is 6.45. The largest absolute Gasteiger partial charge is 0.349 e. The van der Waals surface area contributed by atoms with Crippen molar-refractivity contribution in [1.29, 1.82) is 0 Å². The molecule has 3 aliphatic rings. The molecule has 26 heavy (non-hydrogen) atoms. The highest BCUT2D eigenvalue weighted by Gasteiger charge is 2.49. The number of hydrogen-bond acceptors (Lipinski definition) is 3. The number of aryl methyl sites for hydroxylation is 1. The molecule has 1 saturated carbocycles. The monoisotopic (exact) mass is 346 g/mol. The summed E-state index contributed by atoms with van der Waals surface area (Å²) in [6.45, 7) is 6.52. The normalized spacial score (nSPS) is 24.2. The van der Waals surface area contributed by atoms with E-state index in [9.17, 15) is 4.79 Å². The van der Waals surface area contributed by atoms with Gasteiger partial charge >= 0.3 is 0 Å². The first-order valence-electron chi connectivity index (χ1n) is 9.20. The zero-order valence-electron chi connectivity index (χ0n) is 15.3.